The van der Waals surface area contributed by atoms with E-state index in [0.717, 1.165) is 12.8 Å². The second kappa shape index (κ2) is 6.13. The van der Waals surface area contributed by atoms with Crippen LogP contribution < -0.4 is 5.73 Å². The van der Waals surface area contributed by atoms with Crippen LogP contribution in [0, 0.1) is 6.92 Å². The van der Waals surface area contributed by atoms with Gasteiger partial charge in [-0.05, 0) is 43.5 Å². The van der Waals surface area contributed by atoms with Gasteiger partial charge in [-0.1, -0.05) is 0 Å². The molecular weight excluding hydrogens is 292 g/mol. The highest BCUT2D eigenvalue weighted by molar-refractivity contribution is 7.89. The lowest BCUT2D eigenvalue weighted by molar-refractivity contribution is 0.0600. The fourth-order valence-electron chi connectivity index (χ4n) is 2.67. The van der Waals surface area contributed by atoms with Gasteiger partial charge in [-0.25, -0.2) is 13.2 Å². The fourth-order valence-corrected chi connectivity index (χ4v) is 4.58. The van der Waals surface area contributed by atoms with Crippen molar-refractivity contribution < 1.29 is 17.9 Å². The highest BCUT2D eigenvalue weighted by Crippen LogP contribution is 2.27. The summed E-state index contributed by atoms with van der Waals surface area (Å²) in [7, 11) is -2.29. The van der Waals surface area contributed by atoms with Crippen LogP contribution in [0.1, 0.15) is 28.8 Å². The predicted octanol–water partition coefficient (Wildman–Crippen LogP) is 0.893. The van der Waals surface area contributed by atoms with Gasteiger partial charge in [-0.15, -0.1) is 0 Å². The zero-order chi connectivity index (χ0) is 15.6. The molecule has 0 amide bonds. The van der Waals surface area contributed by atoms with Gasteiger partial charge < -0.3 is 10.5 Å². The predicted molar refractivity (Wildman–Crippen MR) is 78.5 cm³/mol. The van der Waals surface area contributed by atoms with Crippen LogP contribution in [-0.2, 0) is 14.8 Å². The van der Waals surface area contributed by atoms with E-state index in [4.69, 9.17) is 5.73 Å². The zero-order valence-electron chi connectivity index (χ0n) is 12.2. The maximum atomic E-state index is 12.7. The Morgan fingerprint density at radius 1 is 1.48 bits per heavy atom. The molecule has 0 spiro atoms. The van der Waals surface area contributed by atoms with Gasteiger partial charge in [-0.2, -0.15) is 4.31 Å². The molecule has 0 aliphatic carbocycles. The molecule has 1 fully saturated rings. The summed E-state index contributed by atoms with van der Waals surface area (Å²) in [4.78, 5) is 11.7. The zero-order valence-corrected chi connectivity index (χ0v) is 13.0. The van der Waals surface area contributed by atoms with Crippen molar-refractivity contribution in [1.82, 2.24) is 4.31 Å². The molecular formula is C14H20N2O4S. The molecule has 1 heterocycles. The van der Waals surface area contributed by atoms with Crippen LogP contribution in [0.5, 0.6) is 0 Å². The normalized spacial score (nSPS) is 19.7. The second-order valence-corrected chi connectivity index (χ2v) is 6.98. The maximum Gasteiger partial charge on any atom is 0.337 e. The van der Waals surface area contributed by atoms with Gasteiger partial charge in [-0.3, -0.25) is 0 Å². The molecule has 1 aliphatic heterocycles. The summed E-state index contributed by atoms with van der Waals surface area (Å²) in [6.07, 6.45) is 1.61. The molecule has 21 heavy (non-hydrogen) atoms. The lowest BCUT2D eigenvalue weighted by atomic mass is 10.1. The maximum absolute atomic E-state index is 12.7. The Morgan fingerprint density at radius 3 is 2.76 bits per heavy atom. The number of rotatable bonds is 4. The first-order chi connectivity index (χ1) is 9.91. The third-order valence-corrected chi connectivity index (χ3v) is 5.89. The van der Waals surface area contributed by atoms with Gasteiger partial charge in [0.25, 0.3) is 0 Å². The monoisotopic (exact) mass is 312 g/mol. The summed E-state index contributed by atoms with van der Waals surface area (Å²) < 4.78 is 31.6. The summed E-state index contributed by atoms with van der Waals surface area (Å²) in [5.41, 5.74) is 6.52. The summed E-state index contributed by atoms with van der Waals surface area (Å²) >= 11 is 0. The number of nitrogens with zero attached hydrogens (tertiary/aromatic N) is 1. The summed E-state index contributed by atoms with van der Waals surface area (Å²) in [5.74, 6) is -0.483. The minimum absolute atomic E-state index is 0.144. The number of carbonyl (C=O) groups is 1. The number of benzene rings is 1. The van der Waals surface area contributed by atoms with Crippen molar-refractivity contribution in [3.05, 3.63) is 29.3 Å². The van der Waals surface area contributed by atoms with E-state index in [2.05, 4.69) is 4.74 Å². The molecule has 0 bridgehead atoms. The molecule has 7 heteroatoms. The Labute approximate surface area is 124 Å². The van der Waals surface area contributed by atoms with Crippen molar-refractivity contribution in [3.8, 4) is 0 Å². The highest BCUT2D eigenvalue weighted by Gasteiger charge is 2.35. The molecule has 1 unspecified atom stereocenters. The smallest absolute Gasteiger partial charge is 0.337 e. The van der Waals surface area contributed by atoms with E-state index in [-0.39, 0.29) is 10.9 Å². The minimum Gasteiger partial charge on any atom is -0.465 e. The standard InChI is InChI=1S/C14H20N2O4S/c1-10-8-11(14(17)20-2)5-6-13(10)21(18,19)16-7-3-4-12(16)9-15/h5-6,8,12H,3-4,7,9,15H2,1-2H3. The van der Waals surface area contributed by atoms with Crippen LogP contribution in [0.2, 0.25) is 0 Å². The third kappa shape index (κ3) is 2.95. The van der Waals surface area contributed by atoms with Crippen LogP contribution in [0.3, 0.4) is 0 Å². The second-order valence-electron chi connectivity index (χ2n) is 5.12. The van der Waals surface area contributed by atoms with Crippen molar-refractivity contribution in [1.29, 1.82) is 0 Å². The number of methoxy groups -OCH3 is 1. The molecule has 2 N–H and O–H groups in total. The fraction of sp³-hybridized carbons (Fsp3) is 0.500. The third-order valence-electron chi connectivity index (χ3n) is 3.78. The van der Waals surface area contributed by atoms with E-state index in [1.54, 1.807) is 6.92 Å². The quantitative estimate of drug-likeness (QED) is 0.834. The number of sulfonamides is 1. The van der Waals surface area contributed by atoms with E-state index < -0.39 is 16.0 Å². The molecule has 1 aromatic rings. The van der Waals surface area contributed by atoms with Crippen LogP contribution in [0.15, 0.2) is 23.1 Å². The highest BCUT2D eigenvalue weighted by atomic mass is 32.2. The number of nitrogens with two attached hydrogens (primary N) is 1. The number of ether oxygens (including phenoxy) is 1. The summed E-state index contributed by atoms with van der Waals surface area (Å²) in [6.45, 7) is 2.48. The number of hydrogen-bond acceptors (Lipinski definition) is 5. The lowest BCUT2D eigenvalue weighted by Crippen LogP contribution is -2.40. The Morgan fingerprint density at radius 2 is 2.19 bits per heavy atom. The number of carbonyl (C=O) groups excluding carboxylic acids is 1. The first-order valence-electron chi connectivity index (χ1n) is 6.82. The number of hydrogen-bond donors (Lipinski definition) is 1. The van der Waals surface area contributed by atoms with Crippen molar-refractivity contribution in [2.24, 2.45) is 5.73 Å². The topological polar surface area (TPSA) is 89.7 Å². The van der Waals surface area contributed by atoms with Crippen molar-refractivity contribution in [3.63, 3.8) is 0 Å². The van der Waals surface area contributed by atoms with E-state index >= 15 is 0 Å². The Kier molecular flexibility index (Phi) is 4.65. The molecule has 2 rings (SSSR count). The molecule has 116 valence electrons. The lowest BCUT2D eigenvalue weighted by Gasteiger charge is -2.23. The molecule has 0 aromatic heterocycles. The molecule has 1 aliphatic rings. The minimum atomic E-state index is -3.58. The van der Waals surface area contributed by atoms with Crippen LogP contribution in [0.4, 0.5) is 0 Å². The molecule has 1 atom stereocenters. The first kappa shape index (κ1) is 15.9. The van der Waals surface area contributed by atoms with Crippen LogP contribution in [0.25, 0.3) is 0 Å². The van der Waals surface area contributed by atoms with E-state index in [1.165, 1.54) is 29.6 Å². The number of aryl methyl sites for hydroxylation is 1. The molecule has 1 aromatic carbocycles. The van der Waals surface area contributed by atoms with E-state index in [1.807, 2.05) is 0 Å². The van der Waals surface area contributed by atoms with Crippen molar-refractivity contribution in [2.45, 2.75) is 30.7 Å². The molecule has 6 nitrogen and oxygen atoms in total. The van der Waals surface area contributed by atoms with Gasteiger partial charge in [0.2, 0.25) is 10.0 Å². The van der Waals surface area contributed by atoms with E-state index in [0.29, 0.717) is 24.2 Å². The summed E-state index contributed by atoms with van der Waals surface area (Å²) in [5, 5.41) is 0. The average molecular weight is 312 g/mol. The summed E-state index contributed by atoms with van der Waals surface area (Å²) in [6, 6.07) is 4.32. The first-order valence-corrected chi connectivity index (χ1v) is 8.26. The number of esters is 1. The SMILES string of the molecule is COC(=O)c1ccc(S(=O)(=O)N2CCCC2CN)c(C)c1. The molecule has 0 radical (unpaired) electrons. The van der Waals surface area contributed by atoms with E-state index in [9.17, 15) is 13.2 Å². The Bertz CT molecular complexity index is 642. The Hall–Kier alpha value is -1.44. The van der Waals surface area contributed by atoms with Crippen molar-refractivity contribution in [2.75, 3.05) is 20.2 Å². The Balaban J connectivity index is 2.39. The van der Waals surface area contributed by atoms with Crippen molar-refractivity contribution >= 4 is 16.0 Å². The molecule has 0 saturated carbocycles. The van der Waals surface area contributed by atoms with Gasteiger partial charge in [0.15, 0.2) is 0 Å². The van der Waals surface area contributed by atoms with Gasteiger partial charge in [0, 0.05) is 19.1 Å². The van der Waals surface area contributed by atoms with Gasteiger partial charge in [0.1, 0.15) is 0 Å². The molecule has 1 saturated heterocycles. The van der Waals surface area contributed by atoms with Gasteiger partial charge in [0.05, 0.1) is 17.6 Å². The largest absolute Gasteiger partial charge is 0.465 e. The van der Waals surface area contributed by atoms with Crippen LogP contribution in [-0.4, -0.2) is 44.9 Å². The van der Waals surface area contributed by atoms with Crippen LogP contribution >= 0.6 is 0 Å². The average Bonchev–Trinajstić information content (AvgIpc) is 2.95. The van der Waals surface area contributed by atoms with Gasteiger partial charge >= 0.3 is 5.97 Å².